The van der Waals surface area contributed by atoms with Crippen molar-refractivity contribution in [3.8, 4) is 17.1 Å². The first kappa shape index (κ1) is 23.2. The highest BCUT2D eigenvalue weighted by Gasteiger charge is 2.20. The monoisotopic (exact) mass is 477 g/mol. The van der Waals surface area contributed by atoms with Crippen molar-refractivity contribution in [1.82, 2.24) is 20.1 Å². The number of hydrogen-bond donors (Lipinski definition) is 0. The fourth-order valence-electron chi connectivity index (χ4n) is 3.98. The first-order chi connectivity index (χ1) is 17.2. The van der Waals surface area contributed by atoms with Gasteiger partial charge in [-0.2, -0.15) is 0 Å². The summed E-state index contributed by atoms with van der Waals surface area (Å²) in [4.78, 5) is 16.8. The van der Waals surface area contributed by atoms with Gasteiger partial charge < -0.3 is 28.4 Å². The zero-order valence-corrected chi connectivity index (χ0v) is 19.8. The molecule has 0 saturated carbocycles. The van der Waals surface area contributed by atoms with Crippen LogP contribution in [0.3, 0.4) is 0 Å². The molecule has 1 aliphatic rings. The maximum absolute atomic E-state index is 5.61. The van der Waals surface area contributed by atoms with Crippen LogP contribution >= 0.6 is 0 Å². The van der Waals surface area contributed by atoms with E-state index in [-0.39, 0.29) is 6.79 Å². The molecule has 0 bridgehead atoms. The molecule has 1 aromatic carbocycles. The van der Waals surface area contributed by atoms with E-state index in [1.165, 1.54) is 0 Å². The number of aromatic nitrogens is 4. The average Bonchev–Trinajstić information content (AvgIpc) is 3.34. The average molecular weight is 478 g/mol. The fraction of sp³-hybridized carbons (Fsp3) is 0.360. The maximum Gasteiger partial charge on any atom is 0.188 e. The Bertz CT molecular complexity index is 1290. The van der Waals surface area contributed by atoms with Crippen LogP contribution in [0.15, 0.2) is 47.1 Å². The highest BCUT2D eigenvalue weighted by molar-refractivity contribution is 5.88. The van der Waals surface area contributed by atoms with Crippen molar-refractivity contribution in [2.24, 2.45) is 0 Å². The van der Waals surface area contributed by atoms with Crippen LogP contribution in [0.4, 0.5) is 5.82 Å². The molecule has 4 aromatic rings. The van der Waals surface area contributed by atoms with Crippen molar-refractivity contribution >= 4 is 16.9 Å². The van der Waals surface area contributed by atoms with Crippen molar-refractivity contribution in [2.45, 2.75) is 13.0 Å². The summed E-state index contributed by atoms with van der Waals surface area (Å²) in [5.41, 5.74) is 4.15. The van der Waals surface area contributed by atoms with Gasteiger partial charge >= 0.3 is 0 Å². The second-order valence-corrected chi connectivity index (χ2v) is 8.15. The van der Waals surface area contributed by atoms with E-state index in [2.05, 4.69) is 10.1 Å². The number of rotatable bonds is 9. The first-order valence-electron chi connectivity index (χ1n) is 11.4. The Hall–Kier alpha value is -3.60. The summed E-state index contributed by atoms with van der Waals surface area (Å²) in [6, 6.07) is 11.6. The maximum atomic E-state index is 5.61. The van der Waals surface area contributed by atoms with Gasteiger partial charge in [0.25, 0.3) is 0 Å². The molecule has 0 aliphatic carbocycles. The highest BCUT2D eigenvalue weighted by atomic mass is 16.7. The number of fused-ring (bicyclic) bond motifs is 1. The molecule has 10 nitrogen and oxygen atoms in total. The SMILES string of the molecule is COCOc1cccc(-c2nc(N3CCOCC3)c3ncc(Cc4cc(COC)on4)cc3n2)c1. The number of methoxy groups -OCH3 is 2. The fourth-order valence-corrected chi connectivity index (χ4v) is 3.98. The molecule has 35 heavy (non-hydrogen) atoms. The van der Waals surface area contributed by atoms with Crippen molar-refractivity contribution in [3.63, 3.8) is 0 Å². The van der Waals surface area contributed by atoms with Gasteiger partial charge in [0.2, 0.25) is 0 Å². The molecule has 5 rings (SSSR count). The quantitative estimate of drug-likeness (QED) is 0.334. The van der Waals surface area contributed by atoms with Crippen molar-refractivity contribution in [1.29, 1.82) is 0 Å². The lowest BCUT2D eigenvalue weighted by Crippen LogP contribution is -2.37. The number of hydrogen-bond acceptors (Lipinski definition) is 10. The second kappa shape index (κ2) is 10.8. The summed E-state index contributed by atoms with van der Waals surface area (Å²) in [6.07, 6.45) is 2.42. The van der Waals surface area contributed by atoms with E-state index in [1.54, 1.807) is 14.2 Å². The Morgan fingerprint density at radius 3 is 2.74 bits per heavy atom. The van der Waals surface area contributed by atoms with Crippen LogP contribution in [0, 0.1) is 0 Å². The van der Waals surface area contributed by atoms with E-state index in [1.807, 2.05) is 42.6 Å². The molecule has 1 aliphatic heterocycles. The molecule has 0 spiro atoms. The van der Waals surface area contributed by atoms with Crippen molar-refractivity contribution in [2.75, 3.05) is 52.2 Å². The zero-order chi connectivity index (χ0) is 24.0. The molecule has 0 N–H and O–H groups in total. The number of pyridine rings is 1. The predicted molar refractivity (Wildman–Crippen MR) is 128 cm³/mol. The van der Waals surface area contributed by atoms with Crippen LogP contribution in [0.25, 0.3) is 22.4 Å². The standard InChI is InChI=1S/C25H27N5O5/c1-31-15-21-13-19(29-35-21)10-17-11-22-23(26-14-17)25(30-6-8-33-9-7-30)28-24(27-22)18-4-3-5-20(12-18)34-16-32-2/h3-5,11-14H,6-10,15-16H2,1-2H3. The molecule has 4 heterocycles. The third-order valence-electron chi connectivity index (χ3n) is 5.60. The van der Waals surface area contributed by atoms with E-state index in [9.17, 15) is 0 Å². The van der Waals surface area contributed by atoms with Gasteiger partial charge in [-0.25, -0.2) is 9.97 Å². The predicted octanol–water partition coefficient (Wildman–Crippen LogP) is 3.24. The van der Waals surface area contributed by atoms with E-state index in [0.717, 1.165) is 46.8 Å². The van der Waals surface area contributed by atoms with Crippen LogP contribution in [0.1, 0.15) is 17.0 Å². The van der Waals surface area contributed by atoms with E-state index >= 15 is 0 Å². The summed E-state index contributed by atoms with van der Waals surface area (Å²) >= 11 is 0. The van der Waals surface area contributed by atoms with Crippen LogP contribution in [-0.4, -0.2) is 67.4 Å². The largest absolute Gasteiger partial charge is 0.468 e. The van der Waals surface area contributed by atoms with Gasteiger partial charge in [0.05, 0.1) is 24.4 Å². The summed E-state index contributed by atoms with van der Waals surface area (Å²) in [5, 5.41) is 4.14. The highest BCUT2D eigenvalue weighted by Crippen LogP contribution is 2.29. The molecular weight excluding hydrogens is 450 g/mol. The number of anilines is 1. The van der Waals surface area contributed by atoms with E-state index < -0.39 is 0 Å². The minimum absolute atomic E-state index is 0.169. The molecule has 10 heteroatoms. The Kier molecular flexibility index (Phi) is 7.12. The number of ether oxygens (including phenoxy) is 4. The minimum Gasteiger partial charge on any atom is -0.468 e. The Morgan fingerprint density at radius 1 is 1.03 bits per heavy atom. The van der Waals surface area contributed by atoms with Gasteiger partial charge in [-0.3, -0.25) is 4.98 Å². The zero-order valence-electron chi connectivity index (χ0n) is 19.8. The van der Waals surface area contributed by atoms with Crippen LogP contribution < -0.4 is 9.64 Å². The lowest BCUT2D eigenvalue weighted by atomic mass is 10.1. The molecule has 0 amide bonds. The molecular formula is C25H27N5O5. The smallest absolute Gasteiger partial charge is 0.188 e. The van der Waals surface area contributed by atoms with Gasteiger partial charge in [-0.05, 0) is 23.8 Å². The van der Waals surface area contributed by atoms with Gasteiger partial charge in [0.1, 0.15) is 17.9 Å². The Balaban J connectivity index is 1.53. The number of nitrogens with zero attached hydrogens (tertiary/aromatic N) is 5. The molecule has 3 aromatic heterocycles. The number of benzene rings is 1. The topological polar surface area (TPSA) is 105 Å². The summed E-state index contributed by atoms with van der Waals surface area (Å²) < 4.78 is 26.6. The molecule has 1 saturated heterocycles. The molecule has 1 fully saturated rings. The van der Waals surface area contributed by atoms with Crippen LogP contribution in [-0.2, 0) is 27.2 Å². The molecule has 182 valence electrons. The minimum atomic E-state index is 0.169. The van der Waals surface area contributed by atoms with Crippen LogP contribution in [0.5, 0.6) is 5.75 Å². The lowest BCUT2D eigenvalue weighted by molar-refractivity contribution is 0.0511. The molecule has 0 radical (unpaired) electrons. The second-order valence-electron chi connectivity index (χ2n) is 8.15. The lowest BCUT2D eigenvalue weighted by Gasteiger charge is -2.28. The van der Waals surface area contributed by atoms with Crippen LogP contribution in [0.2, 0.25) is 0 Å². The molecule has 0 unspecified atom stereocenters. The number of morpholine rings is 1. The van der Waals surface area contributed by atoms with E-state index in [4.69, 9.17) is 38.4 Å². The third-order valence-corrected chi connectivity index (χ3v) is 5.60. The summed E-state index contributed by atoms with van der Waals surface area (Å²) in [5.74, 6) is 2.77. The van der Waals surface area contributed by atoms with Crippen molar-refractivity contribution in [3.05, 3.63) is 59.6 Å². The third kappa shape index (κ3) is 5.40. The summed E-state index contributed by atoms with van der Waals surface area (Å²) in [6.45, 7) is 3.34. The van der Waals surface area contributed by atoms with Gasteiger partial charge in [-0.15, -0.1) is 0 Å². The van der Waals surface area contributed by atoms with Crippen molar-refractivity contribution < 1.29 is 23.5 Å². The van der Waals surface area contributed by atoms with E-state index in [0.29, 0.717) is 43.6 Å². The molecule has 0 atom stereocenters. The normalized spacial score (nSPS) is 13.9. The Morgan fingerprint density at radius 2 is 1.91 bits per heavy atom. The summed E-state index contributed by atoms with van der Waals surface area (Å²) in [7, 11) is 3.21. The van der Waals surface area contributed by atoms with Gasteiger partial charge in [0.15, 0.2) is 24.2 Å². The van der Waals surface area contributed by atoms with Gasteiger partial charge in [-0.1, -0.05) is 17.3 Å². The first-order valence-corrected chi connectivity index (χ1v) is 11.4. The van der Waals surface area contributed by atoms with Gasteiger partial charge in [0, 0.05) is 51.6 Å². The Labute approximate surface area is 202 Å².